The van der Waals surface area contributed by atoms with E-state index in [9.17, 15) is 35.5 Å². The molecule has 1 amide bonds. The number of nitrogens with one attached hydrogen (secondary N) is 1. The lowest BCUT2D eigenvalue weighted by molar-refractivity contribution is -0.142. The fourth-order valence-corrected chi connectivity index (χ4v) is 3.23. The Hall–Kier alpha value is -3.64. The molecule has 182 valence electrons. The normalized spacial score (nSPS) is 12.2. The van der Waals surface area contributed by atoms with E-state index in [-0.39, 0.29) is 10.2 Å². The van der Waals surface area contributed by atoms with Crippen molar-refractivity contribution in [2.24, 2.45) is 7.05 Å². The summed E-state index contributed by atoms with van der Waals surface area (Å²) in [7, 11) is 1.26. The molecule has 0 saturated heterocycles. The number of amides is 1. The summed E-state index contributed by atoms with van der Waals surface area (Å²) in [6, 6.07) is 1.24. The van der Waals surface area contributed by atoms with E-state index in [1.165, 1.54) is 19.2 Å². The Morgan fingerprint density at radius 2 is 1.94 bits per heavy atom. The molecule has 0 saturated carbocycles. The number of allylic oxidation sites excluding steroid dienone is 1. The van der Waals surface area contributed by atoms with Crippen molar-refractivity contribution in [3.05, 3.63) is 64.8 Å². The van der Waals surface area contributed by atoms with Gasteiger partial charge in [0, 0.05) is 24.9 Å². The molecule has 0 bridgehead atoms. The van der Waals surface area contributed by atoms with Gasteiger partial charge in [0.15, 0.2) is 11.5 Å². The number of rotatable bonds is 7. The molecule has 0 spiro atoms. The molecule has 0 atom stereocenters. The first-order chi connectivity index (χ1) is 15.9. The number of hydrogen-bond acceptors (Lipinski definition) is 3. The van der Waals surface area contributed by atoms with Crippen molar-refractivity contribution in [3.8, 4) is 5.69 Å². The Morgan fingerprint density at radius 1 is 1.24 bits per heavy atom. The maximum absolute atomic E-state index is 14.7. The molecule has 0 unspecified atom stereocenters. The smallest absolute Gasteiger partial charge is 0.319 e. The van der Waals surface area contributed by atoms with E-state index < -0.39 is 58.5 Å². The van der Waals surface area contributed by atoms with Crippen molar-refractivity contribution in [1.82, 2.24) is 19.6 Å². The van der Waals surface area contributed by atoms with Crippen LogP contribution in [0.25, 0.3) is 11.8 Å². The van der Waals surface area contributed by atoms with E-state index >= 15 is 0 Å². The number of nitrogens with zero attached hydrogens (tertiary/aromatic N) is 4. The number of halogens is 7. The van der Waals surface area contributed by atoms with Crippen molar-refractivity contribution in [3.63, 3.8) is 0 Å². The van der Waals surface area contributed by atoms with Crippen LogP contribution in [-0.2, 0) is 13.2 Å². The van der Waals surface area contributed by atoms with E-state index in [1.54, 1.807) is 0 Å². The topological polar surface area (TPSA) is 64.7 Å². The molecule has 0 fully saturated rings. The maximum atomic E-state index is 14.7. The zero-order valence-corrected chi connectivity index (χ0v) is 17.8. The van der Waals surface area contributed by atoms with Crippen LogP contribution in [0, 0.1) is 11.6 Å². The molecule has 1 aromatic carbocycles. The third-order valence-electron chi connectivity index (χ3n) is 4.62. The number of aromatic nitrogens is 4. The van der Waals surface area contributed by atoms with Crippen LogP contribution in [0.15, 0.2) is 30.6 Å². The first-order valence-electron chi connectivity index (χ1n) is 9.88. The Bertz CT molecular complexity index is 1230. The van der Waals surface area contributed by atoms with E-state index in [0.717, 1.165) is 16.9 Å². The third kappa shape index (κ3) is 5.13. The zero-order chi connectivity index (χ0) is 25.2. The summed E-state index contributed by atoms with van der Waals surface area (Å²) in [6.45, 7) is 1.84. The highest BCUT2D eigenvalue weighted by molar-refractivity contribution is 6.05. The molecular weight excluding hydrogens is 471 g/mol. The average molecular weight is 489 g/mol. The Morgan fingerprint density at radius 3 is 2.56 bits per heavy atom. The number of benzene rings is 1. The van der Waals surface area contributed by atoms with Gasteiger partial charge in [-0.3, -0.25) is 9.48 Å². The highest BCUT2D eigenvalue weighted by atomic mass is 19.4. The van der Waals surface area contributed by atoms with Gasteiger partial charge in [0.1, 0.15) is 17.2 Å². The number of alkyl halides is 5. The van der Waals surface area contributed by atoms with Gasteiger partial charge >= 0.3 is 6.18 Å². The van der Waals surface area contributed by atoms with Gasteiger partial charge in [-0.25, -0.2) is 22.2 Å². The van der Waals surface area contributed by atoms with Gasteiger partial charge in [-0.1, -0.05) is 25.5 Å². The highest BCUT2D eigenvalue weighted by Gasteiger charge is 2.40. The maximum Gasteiger partial charge on any atom is 0.435 e. The number of unbranched alkanes of at least 4 members (excludes halogenated alkanes) is 1. The molecule has 34 heavy (non-hydrogen) atoms. The minimum atomic E-state index is -5.16. The lowest BCUT2D eigenvalue weighted by atomic mass is 10.1. The number of anilines is 1. The SMILES string of the molecule is CCCC=Cc1cc(F)cc(F)c1-n1ncc(NC(=O)c2cn(C)nc2C(F)F)c1C(F)(F)F. The van der Waals surface area contributed by atoms with Crippen molar-refractivity contribution < 1.29 is 35.5 Å². The number of carbonyl (C=O) groups excluding carboxylic acids is 1. The third-order valence-corrected chi connectivity index (χ3v) is 4.62. The largest absolute Gasteiger partial charge is 0.435 e. The second-order valence-corrected chi connectivity index (χ2v) is 7.19. The van der Waals surface area contributed by atoms with Crippen LogP contribution in [0.2, 0.25) is 0 Å². The van der Waals surface area contributed by atoms with Crippen LogP contribution < -0.4 is 5.32 Å². The van der Waals surface area contributed by atoms with Crippen molar-refractivity contribution in [2.75, 3.05) is 5.32 Å². The fourth-order valence-electron chi connectivity index (χ4n) is 3.23. The summed E-state index contributed by atoms with van der Waals surface area (Å²) >= 11 is 0. The van der Waals surface area contributed by atoms with Crippen molar-refractivity contribution in [1.29, 1.82) is 0 Å². The molecule has 0 aliphatic carbocycles. The predicted molar refractivity (Wildman–Crippen MR) is 109 cm³/mol. The van der Waals surface area contributed by atoms with Crippen LogP contribution in [0.4, 0.5) is 36.4 Å². The van der Waals surface area contributed by atoms with E-state index in [0.29, 0.717) is 25.1 Å². The predicted octanol–water partition coefficient (Wildman–Crippen LogP) is 5.91. The quantitative estimate of drug-likeness (QED) is 0.420. The standard InChI is InChI=1S/C21H18F7N5O/c1-3-4-5-6-11-7-12(22)8-14(23)17(11)33-18(21(26,27)28)15(9-29-33)30-20(34)13-10-32(2)31-16(13)19(24)25/h5-10,19H,3-4H2,1-2H3,(H,30,34). The summed E-state index contributed by atoms with van der Waals surface area (Å²) in [5, 5.41) is 8.88. The Kier molecular flexibility index (Phi) is 7.12. The van der Waals surface area contributed by atoms with Crippen molar-refractivity contribution in [2.45, 2.75) is 32.4 Å². The molecule has 0 aliphatic rings. The van der Waals surface area contributed by atoms with Crippen molar-refractivity contribution >= 4 is 17.7 Å². The molecule has 2 aromatic heterocycles. The molecule has 13 heteroatoms. The first kappa shape index (κ1) is 25.0. The Balaban J connectivity index is 2.12. The van der Waals surface area contributed by atoms with Gasteiger partial charge in [0.05, 0.1) is 17.4 Å². The van der Waals surface area contributed by atoms with Crippen LogP contribution in [0.5, 0.6) is 0 Å². The van der Waals surface area contributed by atoms with Gasteiger partial charge in [0.2, 0.25) is 0 Å². The summed E-state index contributed by atoms with van der Waals surface area (Å²) < 4.78 is 97.8. The summed E-state index contributed by atoms with van der Waals surface area (Å²) in [6.07, 6.45) is -2.82. The Labute approximate surface area is 188 Å². The minimum Gasteiger partial charge on any atom is -0.319 e. The lowest BCUT2D eigenvalue weighted by Gasteiger charge is -2.15. The molecule has 0 radical (unpaired) electrons. The molecule has 0 aliphatic heterocycles. The molecule has 2 heterocycles. The zero-order valence-electron chi connectivity index (χ0n) is 17.8. The van der Waals surface area contributed by atoms with Gasteiger partial charge in [0.25, 0.3) is 12.3 Å². The first-order valence-corrected chi connectivity index (χ1v) is 9.88. The monoisotopic (exact) mass is 489 g/mol. The van der Waals surface area contributed by atoms with Crippen LogP contribution >= 0.6 is 0 Å². The molecular formula is C21H18F7N5O. The molecule has 6 nitrogen and oxygen atoms in total. The van der Waals surface area contributed by atoms with E-state index in [1.807, 2.05) is 12.2 Å². The van der Waals surface area contributed by atoms with Crippen LogP contribution in [0.1, 0.15) is 53.5 Å². The lowest BCUT2D eigenvalue weighted by Crippen LogP contribution is -2.20. The number of carbonyl (C=O) groups is 1. The number of aryl methyl sites for hydroxylation is 1. The molecule has 1 N–H and O–H groups in total. The minimum absolute atomic E-state index is 0.188. The molecule has 3 aromatic rings. The van der Waals surface area contributed by atoms with E-state index in [2.05, 4.69) is 10.2 Å². The highest BCUT2D eigenvalue weighted by Crippen LogP contribution is 2.38. The molecule has 3 rings (SSSR count). The van der Waals surface area contributed by atoms with Gasteiger partial charge < -0.3 is 5.32 Å². The van der Waals surface area contributed by atoms with Gasteiger partial charge in [-0.2, -0.15) is 23.4 Å². The van der Waals surface area contributed by atoms with E-state index in [4.69, 9.17) is 0 Å². The average Bonchev–Trinajstić information content (AvgIpc) is 3.31. The second-order valence-electron chi connectivity index (χ2n) is 7.19. The number of hydrogen-bond donors (Lipinski definition) is 1. The second kappa shape index (κ2) is 9.69. The summed E-state index contributed by atoms with van der Waals surface area (Å²) in [5.74, 6) is -3.63. The van der Waals surface area contributed by atoms with Crippen LogP contribution in [-0.4, -0.2) is 25.5 Å². The van der Waals surface area contributed by atoms with Gasteiger partial charge in [-0.15, -0.1) is 0 Å². The van der Waals surface area contributed by atoms with Crippen LogP contribution in [0.3, 0.4) is 0 Å². The fraction of sp³-hybridized carbons (Fsp3) is 0.286. The summed E-state index contributed by atoms with van der Waals surface area (Å²) in [5.41, 5.74) is -4.97. The van der Waals surface area contributed by atoms with Gasteiger partial charge in [-0.05, 0) is 12.5 Å². The summed E-state index contributed by atoms with van der Waals surface area (Å²) in [4.78, 5) is 12.5.